The van der Waals surface area contributed by atoms with Gasteiger partial charge in [0.15, 0.2) is 0 Å². The molecule has 5 rings (SSSR count). The van der Waals surface area contributed by atoms with E-state index < -0.39 is 10.0 Å². The van der Waals surface area contributed by atoms with E-state index in [0.29, 0.717) is 29.9 Å². The van der Waals surface area contributed by atoms with Crippen LogP contribution in [0.25, 0.3) is 0 Å². The molecule has 0 radical (unpaired) electrons. The van der Waals surface area contributed by atoms with E-state index in [9.17, 15) is 13.2 Å². The normalized spacial score (nSPS) is 25.2. The highest BCUT2D eigenvalue weighted by atomic mass is 35.5. The minimum Gasteiger partial charge on any atom is -0.353 e. The van der Waals surface area contributed by atoms with Crippen molar-refractivity contribution < 1.29 is 13.2 Å². The van der Waals surface area contributed by atoms with Crippen molar-refractivity contribution in [2.45, 2.75) is 100 Å². The Hall–Kier alpha value is -1.64. The van der Waals surface area contributed by atoms with Crippen LogP contribution in [0.4, 0.5) is 0 Å². The molecule has 2 unspecified atom stereocenters. The minimum absolute atomic E-state index is 0.0497. The van der Waals surface area contributed by atoms with E-state index in [1.54, 1.807) is 0 Å². The summed E-state index contributed by atoms with van der Waals surface area (Å²) >= 11 is 12.1. The van der Waals surface area contributed by atoms with Gasteiger partial charge in [0.05, 0.1) is 14.9 Å². The van der Waals surface area contributed by atoms with Gasteiger partial charge in [-0.25, -0.2) is 8.42 Å². The molecule has 9 heteroatoms. The molecule has 1 N–H and O–H groups in total. The number of nitrogens with one attached hydrogen (secondary N) is 1. The Morgan fingerprint density at radius 3 is 2.32 bits per heavy atom. The lowest BCUT2D eigenvalue weighted by atomic mass is 9.78. The molecule has 2 aromatic carbocycles. The molecule has 2 atom stereocenters. The van der Waals surface area contributed by atoms with E-state index in [4.69, 9.17) is 23.2 Å². The van der Waals surface area contributed by atoms with Gasteiger partial charge in [0.25, 0.3) is 0 Å². The van der Waals surface area contributed by atoms with Gasteiger partial charge >= 0.3 is 0 Å². The minimum atomic E-state index is -3.75. The highest BCUT2D eigenvalue weighted by Gasteiger charge is 2.37. The van der Waals surface area contributed by atoms with E-state index in [2.05, 4.69) is 40.5 Å². The summed E-state index contributed by atoms with van der Waals surface area (Å²) in [6, 6.07) is 15.6. The molecule has 41 heavy (non-hydrogen) atoms. The number of carbonyl (C=O) groups excluding carboxylic acids is 1. The third kappa shape index (κ3) is 7.85. The van der Waals surface area contributed by atoms with Crippen LogP contribution in [0.2, 0.25) is 10.0 Å². The number of likely N-dealkylation sites (tertiary alicyclic amines) is 1. The van der Waals surface area contributed by atoms with Crippen molar-refractivity contribution in [2.24, 2.45) is 5.92 Å². The summed E-state index contributed by atoms with van der Waals surface area (Å²) in [5, 5.41) is 3.78. The first-order valence-electron chi connectivity index (χ1n) is 15.4. The molecule has 2 saturated heterocycles. The summed E-state index contributed by atoms with van der Waals surface area (Å²) in [6.07, 6.45) is 12.1. The van der Waals surface area contributed by atoms with Crippen LogP contribution in [-0.2, 0) is 21.2 Å². The van der Waals surface area contributed by atoms with Crippen LogP contribution in [0.15, 0.2) is 53.4 Å². The number of nitrogens with zero attached hydrogens (tertiary/aromatic N) is 2. The average molecular weight is 621 g/mol. The Bertz CT molecular complexity index is 1260. The van der Waals surface area contributed by atoms with E-state index in [0.717, 1.165) is 38.5 Å². The Balaban J connectivity index is 1.14. The number of hydrogen-bond donors (Lipinski definition) is 1. The molecule has 2 heterocycles. The predicted molar refractivity (Wildman–Crippen MR) is 166 cm³/mol. The molecule has 1 aliphatic carbocycles. The monoisotopic (exact) mass is 619 g/mol. The Morgan fingerprint density at radius 2 is 1.61 bits per heavy atom. The van der Waals surface area contributed by atoms with E-state index in [1.165, 1.54) is 66.8 Å². The fraction of sp³-hybridized carbons (Fsp3) is 0.594. The maximum absolute atomic E-state index is 13.3. The lowest BCUT2D eigenvalue weighted by Gasteiger charge is -2.42. The molecule has 2 aromatic rings. The summed E-state index contributed by atoms with van der Waals surface area (Å²) in [5.74, 6) is 0.609. The molecule has 224 valence electrons. The van der Waals surface area contributed by atoms with Crippen LogP contribution in [0, 0.1) is 5.92 Å². The number of carbonyl (C=O) groups is 1. The van der Waals surface area contributed by atoms with Gasteiger partial charge in [-0.15, -0.1) is 0 Å². The van der Waals surface area contributed by atoms with Crippen molar-refractivity contribution >= 4 is 39.1 Å². The second kappa shape index (κ2) is 14.2. The summed E-state index contributed by atoms with van der Waals surface area (Å²) in [6.45, 7) is 2.82. The largest absolute Gasteiger partial charge is 0.353 e. The topological polar surface area (TPSA) is 69.7 Å². The second-order valence-corrected chi connectivity index (χ2v) is 14.8. The van der Waals surface area contributed by atoms with Crippen LogP contribution >= 0.6 is 23.2 Å². The van der Waals surface area contributed by atoms with Crippen LogP contribution in [-0.4, -0.2) is 61.3 Å². The zero-order valence-corrected chi connectivity index (χ0v) is 26.1. The molecule has 3 fully saturated rings. The van der Waals surface area contributed by atoms with Gasteiger partial charge < -0.3 is 10.2 Å². The van der Waals surface area contributed by atoms with Crippen molar-refractivity contribution in [1.82, 2.24) is 14.5 Å². The highest BCUT2D eigenvalue weighted by molar-refractivity contribution is 7.89. The highest BCUT2D eigenvalue weighted by Crippen LogP contribution is 2.34. The third-order valence-electron chi connectivity index (χ3n) is 9.35. The van der Waals surface area contributed by atoms with Gasteiger partial charge in [-0.05, 0) is 107 Å². The van der Waals surface area contributed by atoms with E-state index in [-0.39, 0.29) is 34.3 Å². The van der Waals surface area contributed by atoms with E-state index in [1.807, 2.05) is 0 Å². The van der Waals surface area contributed by atoms with Gasteiger partial charge in [0.2, 0.25) is 15.9 Å². The number of halogens is 2. The van der Waals surface area contributed by atoms with Crippen molar-refractivity contribution in [3.05, 3.63) is 64.1 Å². The molecule has 0 spiro atoms. The fourth-order valence-electron chi connectivity index (χ4n) is 7.18. The molecular weight excluding hydrogens is 577 g/mol. The van der Waals surface area contributed by atoms with Gasteiger partial charge in [-0.3, -0.25) is 4.79 Å². The van der Waals surface area contributed by atoms with Crippen molar-refractivity contribution in [3.63, 3.8) is 0 Å². The van der Waals surface area contributed by atoms with Crippen molar-refractivity contribution in [1.29, 1.82) is 0 Å². The number of aryl methyl sites for hydroxylation is 1. The maximum Gasteiger partial charge on any atom is 0.243 e. The average Bonchev–Trinajstić information content (AvgIpc) is 3.45. The van der Waals surface area contributed by atoms with Gasteiger partial charge in [-0.1, -0.05) is 60.0 Å². The third-order valence-corrected chi connectivity index (χ3v) is 12.0. The zero-order valence-electron chi connectivity index (χ0n) is 23.8. The van der Waals surface area contributed by atoms with Crippen molar-refractivity contribution in [3.8, 4) is 0 Å². The quantitative estimate of drug-likeness (QED) is 0.321. The van der Waals surface area contributed by atoms with E-state index >= 15 is 0 Å². The number of benzene rings is 2. The van der Waals surface area contributed by atoms with Gasteiger partial charge in [0.1, 0.15) is 0 Å². The lowest BCUT2D eigenvalue weighted by Crippen LogP contribution is -2.47. The van der Waals surface area contributed by atoms with Crippen LogP contribution < -0.4 is 5.32 Å². The van der Waals surface area contributed by atoms with Crippen LogP contribution in [0.3, 0.4) is 0 Å². The Morgan fingerprint density at radius 1 is 0.878 bits per heavy atom. The first-order valence-corrected chi connectivity index (χ1v) is 17.5. The SMILES string of the molecule is O=C(CC1CCCN1S(=O)(=O)c1ccc(Cl)c(Cl)c1)NC1CCC(C(CCc2ccccc2)N2CCCCC2)CC1. The number of piperidine rings is 1. The smallest absolute Gasteiger partial charge is 0.243 e. The van der Waals surface area contributed by atoms with Crippen LogP contribution in [0.5, 0.6) is 0 Å². The summed E-state index contributed by atoms with van der Waals surface area (Å²) in [7, 11) is -3.75. The molecular formula is C32H43Cl2N3O3S. The summed E-state index contributed by atoms with van der Waals surface area (Å²) in [4.78, 5) is 16.0. The molecule has 0 bridgehead atoms. The van der Waals surface area contributed by atoms with Crippen LogP contribution in [0.1, 0.15) is 76.2 Å². The Labute approximate surface area is 255 Å². The number of sulfonamides is 1. The lowest BCUT2D eigenvalue weighted by molar-refractivity contribution is -0.122. The molecule has 3 aliphatic rings. The molecule has 2 aliphatic heterocycles. The standard InChI is InChI=1S/C32H43Cl2N3O3S/c33-29-17-16-28(23-30(29)34)41(39,40)37-21-7-10-27(37)22-32(38)35-26-14-12-25(13-15-26)31(36-19-5-2-6-20-36)18-11-24-8-3-1-4-9-24/h1,3-4,8-9,16-17,23,25-27,31H,2,5-7,10-15,18-22H2,(H,35,38). The molecule has 1 saturated carbocycles. The van der Waals surface area contributed by atoms with Gasteiger partial charge in [0, 0.05) is 31.1 Å². The number of rotatable bonds is 10. The molecule has 0 aromatic heterocycles. The summed E-state index contributed by atoms with van der Waals surface area (Å²) < 4.78 is 28.2. The maximum atomic E-state index is 13.3. The Kier molecular flexibility index (Phi) is 10.7. The molecule has 1 amide bonds. The number of hydrogen-bond acceptors (Lipinski definition) is 4. The van der Waals surface area contributed by atoms with Crippen molar-refractivity contribution in [2.75, 3.05) is 19.6 Å². The summed E-state index contributed by atoms with van der Waals surface area (Å²) in [5.41, 5.74) is 1.41. The first kappa shape index (κ1) is 30.8. The molecule has 6 nitrogen and oxygen atoms in total. The van der Waals surface area contributed by atoms with Gasteiger partial charge in [-0.2, -0.15) is 4.31 Å². The number of amides is 1. The second-order valence-electron chi connectivity index (χ2n) is 12.1. The predicted octanol–water partition coefficient (Wildman–Crippen LogP) is 6.70. The first-order chi connectivity index (χ1) is 19.8. The zero-order chi connectivity index (χ0) is 28.8. The fourth-order valence-corrected chi connectivity index (χ4v) is 9.26.